The number of fused-ring (bicyclic) bond motifs is 1. The van der Waals surface area contributed by atoms with Crippen molar-refractivity contribution in [2.75, 3.05) is 0 Å². The molecule has 0 spiro atoms. The van der Waals surface area contributed by atoms with Crippen molar-refractivity contribution in [3.05, 3.63) is 80.2 Å². The third-order valence-electron chi connectivity index (χ3n) is 3.45. The summed E-state index contributed by atoms with van der Waals surface area (Å²) in [6, 6.07) is 11.8. The Kier molecular flexibility index (Phi) is 3.83. The number of ether oxygens (including phenoxy) is 1. The number of benzene rings is 2. The van der Waals surface area contributed by atoms with Gasteiger partial charge in [0.05, 0.1) is 4.92 Å². The highest BCUT2D eigenvalue weighted by Crippen LogP contribution is 2.26. The molecular formula is C17H11NO6. The van der Waals surface area contributed by atoms with E-state index < -0.39 is 16.5 Å². The maximum Gasteiger partial charge on any atom is 0.350 e. The highest BCUT2D eigenvalue weighted by molar-refractivity contribution is 5.96. The van der Waals surface area contributed by atoms with Gasteiger partial charge in [-0.05, 0) is 31.2 Å². The standard InChI is InChI=1S/C17H11NO6/c1-10-3-2-4-13(16(10)18(21)22)17(20)23-12-7-5-11-6-8-15(19)24-14(11)9-12/h2-9H,1H3. The van der Waals surface area contributed by atoms with E-state index in [1.807, 2.05) is 0 Å². The predicted molar refractivity (Wildman–Crippen MR) is 85.3 cm³/mol. The van der Waals surface area contributed by atoms with Gasteiger partial charge in [-0.15, -0.1) is 0 Å². The van der Waals surface area contributed by atoms with Crippen LogP contribution in [-0.2, 0) is 0 Å². The largest absolute Gasteiger partial charge is 0.423 e. The Bertz CT molecular complexity index is 1020. The topological polar surface area (TPSA) is 99.7 Å². The number of nitro benzene ring substituents is 1. The minimum absolute atomic E-state index is 0.123. The van der Waals surface area contributed by atoms with Crippen molar-refractivity contribution in [2.24, 2.45) is 0 Å². The van der Waals surface area contributed by atoms with Crippen molar-refractivity contribution < 1.29 is 18.9 Å². The Labute approximate surface area is 135 Å². The number of carbonyl (C=O) groups excluding carboxylic acids is 1. The van der Waals surface area contributed by atoms with E-state index in [4.69, 9.17) is 9.15 Å². The second-order valence-corrected chi connectivity index (χ2v) is 5.07. The Morgan fingerprint density at radius 3 is 2.67 bits per heavy atom. The molecule has 3 rings (SSSR count). The van der Waals surface area contributed by atoms with E-state index in [2.05, 4.69) is 0 Å². The fourth-order valence-electron chi connectivity index (χ4n) is 2.33. The molecule has 0 aliphatic carbocycles. The smallest absolute Gasteiger partial charge is 0.350 e. The Morgan fingerprint density at radius 2 is 1.92 bits per heavy atom. The number of hydrogen-bond acceptors (Lipinski definition) is 6. The fraction of sp³-hybridized carbons (Fsp3) is 0.0588. The number of hydrogen-bond donors (Lipinski definition) is 0. The van der Waals surface area contributed by atoms with E-state index in [0.29, 0.717) is 10.9 Å². The van der Waals surface area contributed by atoms with Gasteiger partial charge in [0.15, 0.2) is 0 Å². The second-order valence-electron chi connectivity index (χ2n) is 5.07. The van der Waals surface area contributed by atoms with Crippen LogP contribution < -0.4 is 10.4 Å². The normalized spacial score (nSPS) is 10.5. The monoisotopic (exact) mass is 325 g/mol. The van der Waals surface area contributed by atoms with Gasteiger partial charge in [0.25, 0.3) is 5.69 Å². The lowest BCUT2D eigenvalue weighted by molar-refractivity contribution is -0.385. The van der Waals surface area contributed by atoms with Crippen molar-refractivity contribution in [2.45, 2.75) is 6.92 Å². The van der Waals surface area contributed by atoms with E-state index in [0.717, 1.165) is 0 Å². The molecule has 1 heterocycles. The van der Waals surface area contributed by atoms with Crippen molar-refractivity contribution in [1.82, 2.24) is 0 Å². The van der Waals surface area contributed by atoms with E-state index in [1.54, 1.807) is 31.2 Å². The van der Waals surface area contributed by atoms with E-state index >= 15 is 0 Å². The van der Waals surface area contributed by atoms with Crippen molar-refractivity contribution >= 4 is 22.6 Å². The third-order valence-corrected chi connectivity index (χ3v) is 3.45. The van der Waals surface area contributed by atoms with Crippen LogP contribution in [0.3, 0.4) is 0 Å². The van der Waals surface area contributed by atoms with Crippen LogP contribution >= 0.6 is 0 Å². The highest BCUT2D eigenvalue weighted by atomic mass is 16.6. The molecule has 1 aromatic heterocycles. The lowest BCUT2D eigenvalue weighted by Crippen LogP contribution is -2.12. The molecule has 3 aromatic rings. The number of nitrogens with zero attached hydrogens (tertiary/aromatic N) is 1. The molecule has 0 saturated carbocycles. The summed E-state index contributed by atoms with van der Waals surface area (Å²) < 4.78 is 10.2. The van der Waals surface area contributed by atoms with Gasteiger partial charge in [-0.3, -0.25) is 10.1 Å². The lowest BCUT2D eigenvalue weighted by Gasteiger charge is -2.07. The summed E-state index contributed by atoms with van der Waals surface area (Å²) in [5.41, 5.74) is -0.352. The molecule has 0 saturated heterocycles. The van der Waals surface area contributed by atoms with Crippen LogP contribution in [-0.4, -0.2) is 10.9 Å². The van der Waals surface area contributed by atoms with E-state index in [1.165, 1.54) is 24.3 Å². The molecule has 0 amide bonds. The molecule has 0 radical (unpaired) electrons. The van der Waals surface area contributed by atoms with Gasteiger partial charge in [0, 0.05) is 23.1 Å². The molecule has 0 aliphatic rings. The van der Waals surface area contributed by atoms with Crippen LogP contribution in [0.1, 0.15) is 15.9 Å². The first-order valence-corrected chi connectivity index (χ1v) is 6.96. The SMILES string of the molecule is Cc1cccc(C(=O)Oc2ccc3ccc(=O)oc3c2)c1[N+](=O)[O-]. The van der Waals surface area contributed by atoms with Crippen LogP contribution in [0.5, 0.6) is 5.75 Å². The molecule has 0 unspecified atom stereocenters. The molecule has 7 heteroatoms. The fourth-order valence-corrected chi connectivity index (χ4v) is 2.33. The number of rotatable bonds is 3. The first-order chi connectivity index (χ1) is 11.5. The van der Waals surface area contributed by atoms with Crippen molar-refractivity contribution in [3.63, 3.8) is 0 Å². The van der Waals surface area contributed by atoms with Crippen LogP contribution in [0, 0.1) is 17.0 Å². The molecule has 2 aromatic carbocycles. The zero-order valence-electron chi connectivity index (χ0n) is 12.5. The number of para-hydroxylation sites is 1. The number of nitro groups is 1. The molecule has 0 aliphatic heterocycles. The minimum atomic E-state index is -0.858. The Hall–Kier alpha value is -3.48. The lowest BCUT2D eigenvalue weighted by atomic mass is 10.1. The van der Waals surface area contributed by atoms with Gasteiger partial charge < -0.3 is 9.15 Å². The van der Waals surface area contributed by atoms with Gasteiger partial charge in [-0.1, -0.05) is 12.1 Å². The quantitative estimate of drug-likeness (QED) is 0.241. The summed E-state index contributed by atoms with van der Waals surface area (Å²) >= 11 is 0. The summed E-state index contributed by atoms with van der Waals surface area (Å²) in [4.78, 5) is 34.1. The zero-order chi connectivity index (χ0) is 17.3. The van der Waals surface area contributed by atoms with Crippen molar-refractivity contribution in [3.8, 4) is 5.75 Å². The summed E-state index contributed by atoms with van der Waals surface area (Å²) in [6.45, 7) is 1.54. The maximum absolute atomic E-state index is 12.3. The van der Waals surface area contributed by atoms with Gasteiger partial charge in [0.2, 0.25) is 0 Å². The molecule has 120 valence electrons. The number of esters is 1. The minimum Gasteiger partial charge on any atom is -0.423 e. The van der Waals surface area contributed by atoms with Gasteiger partial charge in [-0.25, -0.2) is 9.59 Å². The Balaban J connectivity index is 1.97. The number of aryl methyl sites for hydroxylation is 1. The number of carbonyl (C=O) groups is 1. The predicted octanol–water partition coefficient (Wildman–Crippen LogP) is 3.23. The summed E-state index contributed by atoms with van der Waals surface area (Å²) in [6.07, 6.45) is 0. The highest BCUT2D eigenvalue weighted by Gasteiger charge is 2.24. The van der Waals surface area contributed by atoms with Crippen molar-refractivity contribution in [1.29, 1.82) is 0 Å². The Morgan fingerprint density at radius 1 is 1.17 bits per heavy atom. The molecule has 24 heavy (non-hydrogen) atoms. The van der Waals surface area contributed by atoms with Gasteiger partial charge >= 0.3 is 11.6 Å². The molecule has 7 nitrogen and oxygen atoms in total. The third kappa shape index (κ3) is 2.87. The molecule has 0 fully saturated rings. The molecular weight excluding hydrogens is 314 g/mol. The molecule has 0 atom stereocenters. The van der Waals surface area contributed by atoms with Crippen LogP contribution in [0.4, 0.5) is 5.69 Å². The van der Waals surface area contributed by atoms with Crippen LogP contribution in [0.25, 0.3) is 11.0 Å². The first-order valence-electron chi connectivity index (χ1n) is 6.96. The van der Waals surface area contributed by atoms with Gasteiger partial charge in [0.1, 0.15) is 16.9 Å². The van der Waals surface area contributed by atoms with Crippen LogP contribution in [0.15, 0.2) is 57.7 Å². The van der Waals surface area contributed by atoms with Crippen LogP contribution in [0.2, 0.25) is 0 Å². The average molecular weight is 325 g/mol. The summed E-state index contributed by atoms with van der Waals surface area (Å²) in [5, 5.41) is 11.8. The summed E-state index contributed by atoms with van der Waals surface area (Å²) in [7, 11) is 0. The van der Waals surface area contributed by atoms with Gasteiger partial charge in [-0.2, -0.15) is 0 Å². The average Bonchev–Trinajstić information content (AvgIpc) is 2.53. The molecule has 0 bridgehead atoms. The van der Waals surface area contributed by atoms with E-state index in [9.17, 15) is 19.7 Å². The zero-order valence-corrected chi connectivity index (χ0v) is 12.5. The summed E-state index contributed by atoms with van der Waals surface area (Å²) in [5.74, 6) is -0.735. The second kappa shape index (κ2) is 5.96. The molecule has 0 N–H and O–H groups in total. The first kappa shape index (κ1) is 15.4. The van der Waals surface area contributed by atoms with E-state index in [-0.39, 0.29) is 22.6 Å². The maximum atomic E-state index is 12.3.